The van der Waals surface area contributed by atoms with Gasteiger partial charge in [0.25, 0.3) is 0 Å². The number of hydrogen-bond acceptors (Lipinski definition) is 2. The Morgan fingerprint density at radius 1 is 1.23 bits per heavy atom. The predicted octanol–water partition coefficient (Wildman–Crippen LogP) is 3.88. The topological polar surface area (TPSA) is 24.7 Å². The highest BCUT2D eigenvalue weighted by Crippen LogP contribution is 2.13. The van der Waals surface area contributed by atoms with Gasteiger partial charge < -0.3 is 0 Å². The van der Waals surface area contributed by atoms with Crippen LogP contribution in [0.5, 0.6) is 0 Å². The van der Waals surface area contributed by atoms with Crippen LogP contribution in [-0.2, 0) is 0 Å². The second-order valence-corrected chi connectivity index (χ2v) is 3.31. The fourth-order valence-corrected chi connectivity index (χ4v) is 0.858. The van der Waals surface area contributed by atoms with Crippen LogP contribution in [0.2, 0.25) is 0 Å². The molecule has 0 radical (unpaired) electrons. The molecule has 0 saturated heterocycles. The van der Waals surface area contributed by atoms with Gasteiger partial charge in [-0.15, -0.1) is 0 Å². The van der Waals surface area contributed by atoms with Crippen molar-refractivity contribution in [1.82, 2.24) is 0 Å². The van der Waals surface area contributed by atoms with E-state index in [4.69, 9.17) is 0 Å². The van der Waals surface area contributed by atoms with Crippen LogP contribution in [-0.4, -0.2) is 6.04 Å². The zero-order chi connectivity index (χ0) is 9.68. The SMILES string of the molecule is CCC(C)N=Nc1ccc(C)cc1. The van der Waals surface area contributed by atoms with E-state index in [1.807, 2.05) is 24.3 Å². The summed E-state index contributed by atoms with van der Waals surface area (Å²) in [6, 6.07) is 8.39. The third kappa shape index (κ3) is 3.36. The maximum absolute atomic E-state index is 4.17. The Morgan fingerprint density at radius 3 is 2.38 bits per heavy atom. The largest absolute Gasteiger partial charge is 0.186 e. The first-order valence-electron chi connectivity index (χ1n) is 4.70. The molecule has 1 atom stereocenters. The van der Waals surface area contributed by atoms with Gasteiger partial charge in [-0.3, -0.25) is 0 Å². The van der Waals surface area contributed by atoms with Crippen molar-refractivity contribution in [2.24, 2.45) is 10.2 Å². The molecule has 70 valence electrons. The van der Waals surface area contributed by atoms with E-state index in [2.05, 4.69) is 31.0 Å². The lowest BCUT2D eigenvalue weighted by molar-refractivity contribution is 0.680. The van der Waals surface area contributed by atoms with Crippen LogP contribution in [0.15, 0.2) is 34.5 Å². The van der Waals surface area contributed by atoms with E-state index in [1.165, 1.54) is 5.56 Å². The second kappa shape index (κ2) is 4.75. The molecule has 0 spiro atoms. The molecule has 2 nitrogen and oxygen atoms in total. The number of nitrogens with zero attached hydrogens (tertiary/aromatic N) is 2. The van der Waals surface area contributed by atoms with Crippen molar-refractivity contribution >= 4 is 5.69 Å². The summed E-state index contributed by atoms with van der Waals surface area (Å²) >= 11 is 0. The highest BCUT2D eigenvalue weighted by molar-refractivity contribution is 5.37. The van der Waals surface area contributed by atoms with Gasteiger partial charge in [-0.1, -0.05) is 24.6 Å². The normalized spacial score (nSPS) is 13.5. The molecule has 0 heterocycles. The predicted molar refractivity (Wildman–Crippen MR) is 55.4 cm³/mol. The molecule has 1 aromatic rings. The Kier molecular flexibility index (Phi) is 3.62. The Balaban J connectivity index is 2.64. The minimum atomic E-state index is 0.321. The van der Waals surface area contributed by atoms with Crippen LogP contribution >= 0.6 is 0 Å². The van der Waals surface area contributed by atoms with Crippen molar-refractivity contribution < 1.29 is 0 Å². The average molecular weight is 176 g/mol. The van der Waals surface area contributed by atoms with Crippen molar-refractivity contribution in [3.05, 3.63) is 29.8 Å². The first-order valence-corrected chi connectivity index (χ1v) is 4.70. The van der Waals surface area contributed by atoms with Gasteiger partial charge in [0, 0.05) is 0 Å². The third-order valence-electron chi connectivity index (χ3n) is 2.00. The molecule has 1 unspecified atom stereocenters. The molecule has 0 aliphatic rings. The fraction of sp³-hybridized carbons (Fsp3) is 0.455. The van der Waals surface area contributed by atoms with Gasteiger partial charge in [0.15, 0.2) is 0 Å². The lowest BCUT2D eigenvalue weighted by Crippen LogP contribution is -1.91. The summed E-state index contributed by atoms with van der Waals surface area (Å²) in [6.45, 7) is 6.24. The van der Waals surface area contributed by atoms with Gasteiger partial charge >= 0.3 is 0 Å². The summed E-state index contributed by atoms with van der Waals surface area (Å²) in [6.07, 6.45) is 1.04. The molecule has 13 heavy (non-hydrogen) atoms. The number of benzene rings is 1. The summed E-state index contributed by atoms with van der Waals surface area (Å²) in [5.74, 6) is 0. The minimum absolute atomic E-state index is 0.321. The smallest absolute Gasteiger partial charge is 0.0852 e. The average Bonchev–Trinajstić information content (AvgIpc) is 2.16. The summed E-state index contributed by atoms with van der Waals surface area (Å²) < 4.78 is 0. The number of aryl methyl sites for hydroxylation is 1. The number of azo groups is 1. The van der Waals surface area contributed by atoms with Crippen molar-refractivity contribution in [3.63, 3.8) is 0 Å². The molecule has 1 aromatic carbocycles. The molecule has 1 rings (SSSR count). The zero-order valence-electron chi connectivity index (χ0n) is 8.49. The van der Waals surface area contributed by atoms with E-state index in [0.29, 0.717) is 6.04 Å². The molecule has 0 aliphatic heterocycles. The monoisotopic (exact) mass is 176 g/mol. The van der Waals surface area contributed by atoms with Crippen LogP contribution in [0, 0.1) is 6.92 Å². The standard InChI is InChI=1S/C11H16N2/c1-4-10(3)12-13-11-7-5-9(2)6-8-11/h5-8,10H,4H2,1-3H3. The van der Waals surface area contributed by atoms with Gasteiger partial charge in [0.1, 0.15) is 0 Å². The van der Waals surface area contributed by atoms with Gasteiger partial charge in [-0.05, 0) is 32.4 Å². The summed E-state index contributed by atoms with van der Waals surface area (Å²) in [7, 11) is 0. The van der Waals surface area contributed by atoms with Crippen molar-refractivity contribution in [2.45, 2.75) is 33.2 Å². The molecule has 2 heteroatoms. The Bertz CT molecular complexity index is 275. The molecular formula is C11H16N2. The number of hydrogen-bond donors (Lipinski definition) is 0. The molecule has 0 fully saturated rings. The summed E-state index contributed by atoms with van der Waals surface area (Å²) in [4.78, 5) is 0. The highest BCUT2D eigenvalue weighted by Gasteiger charge is 1.93. The van der Waals surface area contributed by atoms with Gasteiger partial charge in [-0.2, -0.15) is 10.2 Å². The highest BCUT2D eigenvalue weighted by atomic mass is 15.1. The molecular weight excluding hydrogens is 160 g/mol. The second-order valence-electron chi connectivity index (χ2n) is 3.31. The van der Waals surface area contributed by atoms with E-state index >= 15 is 0 Å². The first kappa shape index (κ1) is 9.90. The molecule has 0 bridgehead atoms. The van der Waals surface area contributed by atoms with Crippen LogP contribution in [0.3, 0.4) is 0 Å². The first-order chi connectivity index (χ1) is 6.22. The van der Waals surface area contributed by atoms with Gasteiger partial charge in [0.05, 0.1) is 11.7 Å². The van der Waals surface area contributed by atoms with E-state index in [0.717, 1.165) is 12.1 Å². The van der Waals surface area contributed by atoms with Crippen molar-refractivity contribution in [3.8, 4) is 0 Å². The van der Waals surface area contributed by atoms with Gasteiger partial charge in [-0.25, -0.2) is 0 Å². The quantitative estimate of drug-likeness (QED) is 0.624. The summed E-state index contributed by atoms with van der Waals surface area (Å²) in [5, 5.41) is 8.31. The molecule has 0 aromatic heterocycles. The molecule has 0 aliphatic carbocycles. The van der Waals surface area contributed by atoms with Crippen LogP contribution in [0.25, 0.3) is 0 Å². The van der Waals surface area contributed by atoms with E-state index < -0.39 is 0 Å². The molecule has 0 saturated carbocycles. The maximum atomic E-state index is 4.17. The van der Waals surface area contributed by atoms with Crippen LogP contribution < -0.4 is 0 Å². The fourth-order valence-electron chi connectivity index (χ4n) is 0.858. The lowest BCUT2D eigenvalue weighted by atomic mass is 10.2. The maximum Gasteiger partial charge on any atom is 0.0852 e. The van der Waals surface area contributed by atoms with E-state index in [-0.39, 0.29) is 0 Å². The third-order valence-corrected chi connectivity index (χ3v) is 2.00. The van der Waals surface area contributed by atoms with E-state index in [1.54, 1.807) is 0 Å². The Morgan fingerprint density at radius 2 is 1.85 bits per heavy atom. The van der Waals surface area contributed by atoms with Crippen LogP contribution in [0.1, 0.15) is 25.8 Å². The molecule has 0 N–H and O–H groups in total. The molecule has 0 amide bonds. The number of rotatable bonds is 3. The van der Waals surface area contributed by atoms with Crippen molar-refractivity contribution in [1.29, 1.82) is 0 Å². The lowest BCUT2D eigenvalue weighted by Gasteiger charge is -1.98. The Hall–Kier alpha value is -1.18. The van der Waals surface area contributed by atoms with Gasteiger partial charge in [0.2, 0.25) is 0 Å². The summed E-state index contributed by atoms with van der Waals surface area (Å²) in [5.41, 5.74) is 2.19. The van der Waals surface area contributed by atoms with Crippen molar-refractivity contribution in [2.75, 3.05) is 0 Å². The minimum Gasteiger partial charge on any atom is -0.186 e. The Labute approximate surface area is 79.7 Å². The zero-order valence-corrected chi connectivity index (χ0v) is 8.49. The van der Waals surface area contributed by atoms with Crippen LogP contribution in [0.4, 0.5) is 5.69 Å². The van der Waals surface area contributed by atoms with E-state index in [9.17, 15) is 0 Å².